The number of rotatable bonds is 5. The summed E-state index contributed by atoms with van der Waals surface area (Å²) in [7, 11) is 0. The molecule has 6 nitrogen and oxygen atoms in total. The maximum Gasteiger partial charge on any atom is 0.335 e. The van der Waals surface area contributed by atoms with E-state index < -0.39 is 30.6 Å². The predicted molar refractivity (Wildman–Crippen MR) is 40.9 cm³/mol. The molecule has 0 bridgehead atoms. The number of carboxylic acids is 1. The second-order valence-corrected chi connectivity index (χ2v) is 2.59. The van der Waals surface area contributed by atoms with Crippen molar-refractivity contribution in [1.29, 1.82) is 0 Å². The van der Waals surface area contributed by atoms with Crippen LogP contribution in [-0.4, -0.2) is 46.1 Å². The summed E-state index contributed by atoms with van der Waals surface area (Å²) >= 11 is 0. The van der Waals surface area contributed by atoms with Crippen molar-refractivity contribution >= 4 is 11.9 Å². The highest BCUT2D eigenvalue weighted by atomic mass is 16.6. The lowest BCUT2D eigenvalue weighted by Crippen LogP contribution is -2.28. The van der Waals surface area contributed by atoms with E-state index in [4.69, 9.17) is 15.3 Å². The zero-order valence-corrected chi connectivity index (χ0v) is 7.14. The molecule has 0 aromatic heterocycles. The van der Waals surface area contributed by atoms with Crippen LogP contribution in [0.5, 0.6) is 0 Å². The van der Waals surface area contributed by atoms with Crippen LogP contribution in [0.3, 0.4) is 0 Å². The minimum atomic E-state index is -1.67. The van der Waals surface area contributed by atoms with Crippen molar-refractivity contribution in [2.75, 3.05) is 6.61 Å². The molecular weight excluding hydrogens is 180 g/mol. The van der Waals surface area contributed by atoms with Crippen LogP contribution >= 0.6 is 0 Å². The van der Waals surface area contributed by atoms with Gasteiger partial charge in [0.15, 0.2) is 6.10 Å². The molecule has 0 aliphatic heterocycles. The van der Waals surface area contributed by atoms with Crippen LogP contribution in [0.4, 0.5) is 0 Å². The maximum atomic E-state index is 10.7. The van der Waals surface area contributed by atoms with Crippen LogP contribution < -0.4 is 0 Å². The van der Waals surface area contributed by atoms with Crippen LogP contribution in [0.15, 0.2) is 0 Å². The first-order valence-corrected chi connectivity index (χ1v) is 3.68. The van der Waals surface area contributed by atoms with Crippen LogP contribution in [0.1, 0.15) is 13.3 Å². The van der Waals surface area contributed by atoms with Gasteiger partial charge in [-0.1, -0.05) is 0 Å². The Morgan fingerprint density at radius 1 is 1.38 bits per heavy atom. The van der Waals surface area contributed by atoms with E-state index in [9.17, 15) is 9.59 Å². The molecule has 6 heteroatoms. The SMILES string of the molecule is CC(O)COC(=O)C(O)CC(=O)O. The van der Waals surface area contributed by atoms with Gasteiger partial charge in [0.1, 0.15) is 6.61 Å². The van der Waals surface area contributed by atoms with E-state index in [-0.39, 0.29) is 6.61 Å². The minimum Gasteiger partial charge on any atom is -0.481 e. The van der Waals surface area contributed by atoms with E-state index in [2.05, 4.69) is 4.74 Å². The molecule has 0 spiro atoms. The monoisotopic (exact) mass is 192 g/mol. The van der Waals surface area contributed by atoms with Crippen LogP contribution in [0.2, 0.25) is 0 Å². The molecular formula is C7H12O6. The van der Waals surface area contributed by atoms with E-state index in [1.165, 1.54) is 6.92 Å². The molecule has 0 rings (SSSR count). The van der Waals surface area contributed by atoms with E-state index in [0.717, 1.165) is 0 Å². The van der Waals surface area contributed by atoms with Gasteiger partial charge in [-0.15, -0.1) is 0 Å². The number of hydrogen-bond acceptors (Lipinski definition) is 5. The number of carbonyl (C=O) groups is 2. The average Bonchev–Trinajstić information content (AvgIpc) is 1.98. The molecule has 2 unspecified atom stereocenters. The van der Waals surface area contributed by atoms with Crippen LogP contribution in [-0.2, 0) is 14.3 Å². The summed E-state index contributed by atoms with van der Waals surface area (Å²) in [5, 5.41) is 25.7. The quantitative estimate of drug-likeness (QED) is 0.470. The third kappa shape index (κ3) is 6.06. The topological polar surface area (TPSA) is 104 Å². The average molecular weight is 192 g/mol. The number of aliphatic hydroxyl groups excluding tert-OH is 2. The zero-order valence-electron chi connectivity index (χ0n) is 7.14. The molecule has 0 aliphatic carbocycles. The number of hydrogen-bond donors (Lipinski definition) is 3. The molecule has 0 saturated heterocycles. The summed E-state index contributed by atoms with van der Waals surface area (Å²) in [6.07, 6.45) is -3.20. The fraction of sp³-hybridized carbons (Fsp3) is 0.714. The molecule has 0 aromatic carbocycles. The van der Waals surface area contributed by atoms with E-state index in [0.29, 0.717) is 0 Å². The first kappa shape index (κ1) is 11.9. The Hall–Kier alpha value is -1.14. The van der Waals surface area contributed by atoms with Crippen molar-refractivity contribution < 1.29 is 29.6 Å². The van der Waals surface area contributed by atoms with Gasteiger partial charge in [0, 0.05) is 0 Å². The molecule has 2 atom stereocenters. The van der Waals surface area contributed by atoms with Gasteiger partial charge in [-0.25, -0.2) is 4.79 Å². The molecule has 13 heavy (non-hydrogen) atoms. The standard InChI is InChI=1S/C7H12O6/c1-4(8)3-13-7(12)5(9)2-6(10)11/h4-5,8-9H,2-3H2,1H3,(H,10,11). The summed E-state index contributed by atoms with van der Waals surface area (Å²) < 4.78 is 4.36. The molecule has 0 heterocycles. The first-order valence-electron chi connectivity index (χ1n) is 3.68. The second-order valence-electron chi connectivity index (χ2n) is 2.59. The van der Waals surface area contributed by atoms with Gasteiger partial charge in [0.05, 0.1) is 12.5 Å². The van der Waals surface area contributed by atoms with Crippen molar-refractivity contribution in [1.82, 2.24) is 0 Å². The number of aliphatic carboxylic acids is 1. The fourth-order valence-electron chi connectivity index (χ4n) is 0.548. The number of carboxylic acid groups (broad SMARTS) is 1. The smallest absolute Gasteiger partial charge is 0.335 e. The summed E-state index contributed by atoms with van der Waals surface area (Å²) in [6, 6.07) is 0. The zero-order chi connectivity index (χ0) is 10.4. The number of ether oxygens (including phenoxy) is 1. The van der Waals surface area contributed by atoms with Gasteiger partial charge in [-0.2, -0.15) is 0 Å². The highest BCUT2D eigenvalue weighted by Crippen LogP contribution is 1.96. The highest BCUT2D eigenvalue weighted by molar-refractivity contribution is 5.80. The summed E-state index contributed by atoms with van der Waals surface area (Å²) in [6.45, 7) is 1.15. The largest absolute Gasteiger partial charge is 0.481 e. The Bertz CT molecular complexity index is 187. The highest BCUT2D eigenvalue weighted by Gasteiger charge is 2.20. The van der Waals surface area contributed by atoms with Crippen LogP contribution in [0.25, 0.3) is 0 Å². The van der Waals surface area contributed by atoms with Crippen molar-refractivity contribution in [3.63, 3.8) is 0 Å². The van der Waals surface area contributed by atoms with Gasteiger partial charge < -0.3 is 20.1 Å². The summed E-state index contributed by atoms with van der Waals surface area (Å²) in [5.74, 6) is -2.33. The normalized spacial score (nSPS) is 14.7. The van der Waals surface area contributed by atoms with Gasteiger partial charge in [-0.05, 0) is 6.92 Å². The Morgan fingerprint density at radius 3 is 2.31 bits per heavy atom. The molecule has 0 aromatic rings. The lowest BCUT2D eigenvalue weighted by molar-refractivity contribution is -0.160. The molecule has 0 saturated carbocycles. The molecule has 0 fully saturated rings. The number of carbonyl (C=O) groups excluding carboxylic acids is 1. The van der Waals surface area contributed by atoms with Crippen molar-refractivity contribution in [3.8, 4) is 0 Å². The van der Waals surface area contributed by atoms with E-state index in [1.54, 1.807) is 0 Å². The first-order chi connectivity index (χ1) is 5.93. The molecule has 0 amide bonds. The van der Waals surface area contributed by atoms with Gasteiger partial charge in [0.25, 0.3) is 0 Å². The fourth-order valence-corrected chi connectivity index (χ4v) is 0.548. The van der Waals surface area contributed by atoms with Crippen molar-refractivity contribution in [3.05, 3.63) is 0 Å². The summed E-state index contributed by atoms with van der Waals surface area (Å²) in [4.78, 5) is 20.8. The number of aliphatic hydroxyl groups is 2. The molecule has 76 valence electrons. The Kier molecular flexibility index (Phi) is 5.01. The lowest BCUT2D eigenvalue weighted by atomic mass is 10.2. The molecule has 3 N–H and O–H groups in total. The number of esters is 1. The van der Waals surface area contributed by atoms with Crippen molar-refractivity contribution in [2.45, 2.75) is 25.6 Å². The van der Waals surface area contributed by atoms with E-state index in [1.807, 2.05) is 0 Å². The van der Waals surface area contributed by atoms with Gasteiger partial charge in [0.2, 0.25) is 0 Å². The maximum absolute atomic E-state index is 10.7. The lowest BCUT2D eigenvalue weighted by Gasteiger charge is -2.09. The van der Waals surface area contributed by atoms with Crippen LogP contribution in [0, 0.1) is 0 Å². The predicted octanol–water partition coefficient (Wildman–Crippen LogP) is -1.25. The Balaban J connectivity index is 3.76. The van der Waals surface area contributed by atoms with Gasteiger partial charge in [-0.3, -0.25) is 4.79 Å². The molecule has 0 radical (unpaired) electrons. The van der Waals surface area contributed by atoms with Crippen molar-refractivity contribution in [2.24, 2.45) is 0 Å². The van der Waals surface area contributed by atoms with Gasteiger partial charge >= 0.3 is 11.9 Å². The van der Waals surface area contributed by atoms with E-state index >= 15 is 0 Å². The molecule has 0 aliphatic rings. The second kappa shape index (κ2) is 5.50. The Morgan fingerprint density at radius 2 is 1.92 bits per heavy atom. The Labute approximate surface area is 74.7 Å². The third-order valence-electron chi connectivity index (χ3n) is 1.11. The third-order valence-corrected chi connectivity index (χ3v) is 1.11. The minimum absolute atomic E-state index is 0.254. The summed E-state index contributed by atoms with van der Waals surface area (Å²) in [5.41, 5.74) is 0.